The van der Waals surface area contributed by atoms with Gasteiger partial charge in [0.1, 0.15) is 5.25 Å². The molecule has 3 unspecified atom stereocenters. The van der Waals surface area contributed by atoms with Gasteiger partial charge in [-0.05, 0) is 61.0 Å². The molecule has 18 heteroatoms. The zero-order valence-electron chi connectivity index (χ0n) is 24.8. The SMILES string of the molecule is CCOc1cc(C2c3sc(=O)[nH]c3SC3C(=O)N(c4ccc([N+](=O)[O-])cc4)C(=O)C32)ccc1OCC(=O)Nc1ccc(S(N)(=O)=O)cc1. The van der Waals surface area contributed by atoms with Crippen LogP contribution in [0.4, 0.5) is 17.1 Å². The number of nitro groups is 1. The highest BCUT2D eigenvalue weighted by atomic mass is 32.2. The zero-order chi connectivity index (χ0) is 34.3. The normalized spacial score (nSPS) is 18.6. The number of ether oxygens (including phenoxy) is 2. The maximum atomic E-state index is 14.0. The van der Waals surface area contributed by atoms with Crippen LogP contribution in [0.1, 0.15) is 23.3 Å². The van der Waals surface area contributed by atoms with Gasteiger partial charge in [0.2, 0.25) is 21.8 Å². The van der Waals surface area contributed by atoms with Crippen molar-refractivity contribution in [1.29, 1.82) is 0 Å². The van der Waals surface area contributed by atoms with Crippen molar-refractivity contribution in [1.82, 2.24) is 4.98 Å². The molecule has 3 aromatic carbocycles. The van der Waals surface area contributed by atoms with Crippen molar-refractivity contribution in [3.05, 3.63) is 97.0 Å². The smallest absolute Gasteiger partial charge is 0.305 e. The number of non-ortho nitro benzene ring substituents is 1. The predicted octanol–water partition coefficient (Wildman–Crippen LogP) is 3.20. The molecule has 248 valence electrons. The molecule has 1 fully saturated rings. The van der Waals surface area contributed by atoms with Crippen LogP contribution in [0.15, 0.2) is 81.4 Å². The van der Waals surface area contributed by atoms with Gasteiger partial charge in [0.25, 0.3) is 11.6 Å². The van der Waals surface area contributed by atoms with Gasteiger partial charge < -0.3 is 19.8 Å². The van der Waals surface area contributed by atoms with E-state index in [4.69, 9.17) is 14.6 Å². The van der Waals surface area contributed by atoms with Crippen molar-refractivity contribution in [3.8, 4) is 11.5 Å². The number of nitrogens with two attached hydrogens (primary N) is 1. The molecule has 4 aromatic rings. The first-order valence-corrected chi connectivity index (χ1v) is 17.4. The number of carbonyl (C=O) groups excluding carboxylic acids is 3. The number of thiazole rings is 1. The van der Waals surface area contributed by atoms with Crippen LogP contribution in [0.5, 0.6) is 11.5 Å². The number of primary sulfonamides is 1. The molecule has 0 bridgehead atoms. The van der Waals surface area contributed by atoms with Crippen LogP contribution in [0, 0.1) is 16.0 Å². The number of fused-ring (bicyclic) bond motifs is 2. The molecule has 0 spiro atoms. The number of carbonyl (C=O) groups is 3. The van der Waals surface area contributed by atoms with Crippen LogP contribution in [-0.2, 0) is 24.4 Å². The lowest BCUT2D eigenvalue weighted by molar-refractivity contribution is -0.384. The number of imide groups is 1. The molecule has 0 saturated carbocycles. The summed E-state index contributed by atoms with van der Waals surface area (Å²) in [6, 6.07) is 15.3. The van der Waals surface area contributed by atoms with Crippen molar-refractivity contribution in [2.45, 2.75) is 28.0 Å². The van der Waals surface area contributed by atoms with E-state index in [-0.39, 0.29) is 39.2 Å². The molecule has 2 aliphatic rings. The number of aromatic nitrogens is 1. The first-order valence-electron chi connectivity index (χ1n) is 14.2. The Balaban J connectivity index is 1.27. The number of H-pyrrole nitrogens is 1. The Hall–Kier alpha value is -5.04. The highest BCUT2D eigenvalue weighted by molar-refractivity contribution is 8.00. The van der Waals surface area contributed by atoms with Crippen LogP contribution in [0.25, 0.3) is 0 Å². The van der Waals surface area contributed by atoms with E-state index >= 15 is 0 Å². The van der Waals surface area contributed by atoms with Crippen molar-refractivity contribution in [2.24, 2.45) is 11.1 Å². The first-order chi connectivity index (χ1) is 22.8. The van der Waals surface area contributed by atoms with Gasteiger partial charge in [-0.25, -0.2) is 18.5 Å². The lowest BCUT2D eigenvalue weighted by Crippen LogP contribution is -2.32. The third-order valence-corrected chi connectivity index (χ3v) is 10.9. The number of nitrogens with zero attached hydrogens (tertiary/aromatic N) is 2. The van der Waals surface area contributed by atoms with E-state index in [9.17, 15) is 37.7 Å². The highest BCUT2D eigenvalue weighted by Crippen LogP contribution is 2.53. The Morgan fingerprint density at radius 2 is 1.73 bits per heavy atom. The molecular weight excluding hydrogens is 687 g/mol. The van der Waals surface area contributed by atoms with Gasteiger partial charge in [-0.15, -0.1) is 0 Å². The highest BCUT2D eigenvalue weighted by Gasteiger charge is 2.56. The van der Waals surface area contributed by atoms with Crippen LogP contribution in [0.2, 0.25) is 0 Å². The summed E-state index contributed by atoms with van der Waals surface area (Å²) in [7, 11) is -3.89. The summed E-state index contributed by atoms with van der Waals surface area (Å²) in [5.41, 5.74) is 0.882. The van der Waals surface area contributed by atoms with Crippen LogP contribution in [-0.4, -0.2) is 54.5 Å². The molecule has 15 nitrogen and oxygen atoms in total. The van der Waals surface area contributed by atoms with Gasteiger partial charge in [-0.3, -0.25) is 29.3 Å². The number of anilines is 2. The molecule has 3 atom stereocenters. The Labute approximate surface area is 280 Å². The fourth-order valence-electron chi connectivity index (χ4n) is 5.53. The van der Waals surface area contributed by atoms with Gasteiger partial charge in [0, 0.05) is 28.6 Å². The Morgan fingerprint density at radius 1 is 1.02 bits per heavy atom. The molecule has 4 N–H and O–H groups in total. The lowest BCUT2D eigenvalue weighted by atomic mass is 9.83. The Kier molecular flexibility index (Phi) is 8.82. The monoisotopic (exact) mass is 711 g/mol. The standard InChI is InChI=1S/C30H25N5O10S3/c1-2-44-21-13-15(3-12-20(21)45-14-22(36)32-16-4-10-19(11-5-16)48(31,42)43)23-24-26(46-27-25(23)47-30(39)33-27)29(38)34(28(24)37)17-6-8-18(9-7-17)35(40)41/h3-13,23-24,26H,2,14H2,1H3,(H,32,36)(H,33,39)(H2,31,42,43). The van der Waals surface area contributed by atoms with Crippen LogP contribution in [0.3, 0.4) is 0 Å². The zero-order valence-corrected chi connectivity index (χ0v) is 27.2. The summed E-state index contributed by atoms with van der Waals surface area (Å²) in [4.78, 5) is 67.2. The van der Waals surface area contributed by atoms with Crippen molar-refractivity contribution in [3.63, 3.8) is 0 Å². The average molecular weight is 712 g/mol. The number of amides is 3. The third kappa shape index (κ3) is 6.29. The molecule has 3 heterocycles. The van der Waals surface area contributed by atoms with E-state index < -0.39 is 56.4 Å². The van der Waals surface area contributed by atoms with Crippen molar-refractivity contribution < 1.29 is 37.2 Å². The van der Waals surface area contributed by atoms with E-state index in [0.717, 1.165) is 28.0 Å². The summed E-state index contributed by atoms with van der Waals surface area (Å²) in [5, 5.41) is 18.4. The molecule has 0 radical (unpaired) electrons. The van der Waals surface area contributed by atoms with Crippen LogP contribution >= 0.6 is 23.1 Å². The maximum Gasteiger partial charge on any atom is 0.305 e. The van der Waals surface area contributed by atoms with Gasteiger partial charge >= 0.3 is 4.87 Å². The molecule has 6 rings (SSSR count). The summed E-state index contributed by atoms with van der Waals surface area (Å²) in [6.45, 7) is 1.55. The minimum atomic E-state index is -3.89. The summed E-state index contributed by atoms with van der Waals surface area (Å²) in [6.07, 6.45) is 0. The molecule has 0 aliphatic carbocycles. The van der Waals surface area contributed by atoms with Gasteiger partial charge in [-0.2, -0.15) is 0 Å². The summed E-state index contributed by atoms with van der Waals surface area (Å²) < 4.78 is 34.5. The summed E-state index contributed by atoms with van der Waals surface area (Å²) >= 11 is 2.03. The number of aromatic amines is 1. The Bertz CT molecular complexity index is 2110. The van der Waals surface area contributed by atoms with Crippen molar-refractivity contribution >= 4 is 67.9 Å². The number of thioether (sulfide) groups is 1. The summed E-state index contributed by atoms with van der Waals surface area (Å²) in [5.74, 6) is -2.75. The van der Waals surface area contributed by atoms with Gasteiger partial charge in [0.15, 0.2) is 18.1 Å². The minimum Gasteiger partial charge on any atom is -0.490 e. The number of benzene rings is 3. The number of nitrogens with one attached hydrogen (secondary N) is 2. The number of hydrogen-bond acceptors (Lipinski definition) is 12. The quantitative estimate of drug-likeness (QED) is 0.123. The number of nitro benzene ring substituents is 1. The maximum absolute atomic E-state index is 14.0. The number of sulfonamides is 1. The van der Waals surface area contributed by atoms with Crippen molar-refractivity contribution in [2.75, 3.05) is 23.4 Å². The second-order valence-electron chi connectivity index (χ2n) is 10.6. The van der Waals surface area contributed by atoms with E-state index in [1.54, 1.807) is 25.1 Å². The first kappa shape index (κ1) is 32.9. The Morgan fingerprint density at radius 3 is 2.38 bits per heavy atom. The number of rotatable bonds is 10. The fourth-order valence-corrected chi connectivity index (χ4v) is 8.56. The topological polar surface area (TPSA) is 221 Å². The second kappa shape index (κ2) is 12.9. The molecular formula is C30H25N5O10S3. The van der Waals surface area contributed by atoms with E-state index in [2.05, 4.69) is 10.3 Å². The van der Waals surface area contributed by atoms with E-state index in [0.29, 0.717) is 21.2 Å². The molecule has 3 amide bonds. The predicted molar refractivity (Wildman–Crippen MR) is 175 cm³/mol. The number of hydrogen-bond donors (Lipinski definition) is 3. The van der Waals surface area contributed by atoms with E-state index in [1.807, 2.05) is 0 Å². The fraction of sp³-hybridized carbons (Fsp3) is 0.200. The molecule has 1 aromatic heterocycles. The van der Waals surface area contributed by atoms with Gasteiger partial charge in [-0.1, -0.05) is 29.2 Å². The average Bonchev–Trinajstić information content (AvgIpc) is 3.54. The van der Waals surface area contributed by atoms with Crippen LogP contribution < -0.4 is 29.7 Å². The lowest BCUT2D eigenvalue weighted by Gasteiger charge is -2.30. The molecule has 1 saturated heterocycles. The second-order valence-corrected chi connectivity index (χ2v) is 14.3. The minimum absolute atomic E-state index is 0.108. The third-order valence-electron chi connectivity index (χ3n) is 7.59. The largest absolute Gasteiger partial charge is 0.490 e. The molecule has 2 aliphatic heterocycles. The molecule has 48 heavy (non-hydrogen) atoms. The van der Waals surface area contributed by atoms with Gasteiger partial charge in [0.05, 0.1) is 33.1 Å². The van der Waals surface area contributed by atoms with E-state index in [1.165, 1.54) is 48.5 Å².